The molecule has 216 valence electrons. The predicted molar refractivity (Wildman–Crippen MR) is 156 cm³/mol. The molecule has 0 aliphatic heterocycles. The maximum Gasteiger partial charge on any atom is 0.524 e. The van der Waals surface area contributed by atoms with Crippen molar-refractivity contribution in [1.82, 2.24) is 0 Å². The standard InChI is InChI=1S/C27H27F3O5S5/c1-18(2)33-20-7-11-22(12-8-20)39(35-40(31,32)27(28,29)30,23-13-9-21(10-14-23)34-19(3)4)26-16-15-25(38-26)37-24-6-5-17-36-24/h5-19H,1-4H3. The Morgan fingerprint density at radius 2 is 1.27 bits per heavy atom. The van der Waals surface area contributed by atoms with Gasteiger partial charge in [0.1, 0.15) is 11.5 Å². The van der Waals surface area contributed by atoms with Gasteiger partial charge in [-0.1, -0.05) is 17.8 Å². The molecule has 0 saturated heterocycles. The average Bonchev–Trinajstić information content (AvgIpc) is 3.55. The molecule has 0 atom stereocenters. The smallest absolute Gasteiger partial charge is 0.491 e. The van der Waals surface area contributed by atoms with Crippen molar-refractivity contribution in [3.8, 4) is 11.5 Å². The number of rotatable bonds is 11. The Morgan fingerprint density at radius 1 is 0.750 bits per heavy atom. The lowest BCUT2D eigenvalue weighted by Crippen LogP contribution is -2.27. The monoisotopic (exact) mass is 648 g/mol. The molecule has 0 spiro atoms. The second-order valence-corrected chi connectivity index (χ2v) is 17.2. The molecule has 40 heavy (non-hydrogen) atoms. The second-order valence-electron chi connectivity index (χ2n) is 8.91. The Kier molecular flexibility index (Phi) is 9.53. The lowest BCUT2D eigenvalue weighted by atomic mass is 10.3. The molecule has 2 aromatic carbocycles. The Morgan fingerprint density at radius 3 is 1.70 bits per heavy atom. The lowest BCUT2D eigenvalue weighted by Gasteiger charge is -2.38. The lowest BCUT2D eigenvalue weighted by molar-refractivity contribution is -0.0496. The van der Waals surface area contributed by atoms with Crippen molar-refractivity contribution < 1.29 is 34.7 Å². The molecule has 0 fully saturated rings. The highest BCUT2D eigenvalue weighted by Crippen LogP contribution is 2.72. The van der Waals surface area contributed by atoms with Gasteiger partial charge in [-0.15, -0.1) is 22.7 Å². The molecule has 2 aromatic heterocycles. The van der Waals surface area contributed by atoms with E-state index >= 15 is 0 Å². The van der Waals surface area contributed by atoms with Crippen LogP contribution >= 0.6 is 44.7 Å². The van der Waals surface area contributed by atoms with Crippen LogP contribution in [0.1, 0.15) is 27.7 Å². The van der Waals surface area contributed by atoms with Crippen molar-refractivity contribution in [2.45, 2.75) is 67.8 Å². The van der Waals surface area contributed by atoms with E-state index in [-0.39, 0.29) is 22.0 Å². The third-order valence-electron chi connectivity index (χ3n) is 5.07. The predicted octanol–water partition coefficient (Wildman–Crippen LogP) is 9.60. The van der Waals surface area contributed by atoms with Gasteiger partial charge in [0, 0.05) is 9.79 Å². The summed E-state index contributed by atoms with van der Waals surface area (Å²) in [4.78, 5) is 0.534. The van der Waals surface area contributed by atoms with Crippen LogP contribution in [0.15, 0.2) is 101 Å². The number of halogens is 3. The SMILES string of the molecule is CC(C)Oc1ccc(S(OS(=O)(=O)C(F)(F)F)(c2ccc(OC(C)C)cc2)c2ccc(Sc3cccs3)s2)cc1. The molecule has 0 saturated carbocycles. The first-order valence-electron chi connectivity index (χ1n) is 12.0. The molecule has 2 heterocycles. The molecule has 0 radical (unpaired) electrons. The first-order valence-corrected chi connectivity index (χ1v) is 17.5. The van der Waals surface area contributed by atoms with Crippen LogP contribution in [0.5, 0.6) is 11.5 Å². The van der Waals surface area contributed by atoms with Crippen LogP contribution in [0.3, 0.4) is 0 Å². The molecule has 5 nitrogen and oxygen atoms in total. The Hall–Kier alpha value is -2.16. The quantitative estimate of drug-likeness (QED) is 0.151. The zero-order valence-corrected chi connectivity index (χ0v) is 26.0. The fourth-order valence-corrected chi connectivity index (χ4v) is 12.5. The van der Waals surface area contributed by atoms with Crippen molar-refractivity contribution in [3.63, 3.8) is 0 Å². The number of thiophene rings is 2. The van der Waals surface area contributed by atoms with Gasteiger partial charge in [-0.25, -0.2) is 0 Å². The third kappa shape index (κ3) is 7.00. The van der Waals surface area contributed by atoms with E-state index in [1.165, 1.54) is 34.4 Å². The summed E-state index contributed by atoms with van der Waals surface area (Å²) in [5, 5.41) is 1.92. The summed E-state index contributed by atoms with van der Waals surface area (Å²) < 4.78 is 85.9. The second kappa shape index (κ2) is 12.4. The average molecular weight is 649 g/mol. The van der Waals surface area contributed by atoms with Crippen LogP contribution in [0.2, 0.25) is 0 Å². The van der Waals surface area contributed by atoms with Gasteiger partial charge < -0.3 is 9.47 Å². The summed E-state index contributed by atoms with van der Waals surface area (Å²) in [6.45, 7) is 7.40. The highest BCUT2D eigenvalue weighted by Gasteiger charge is 2.53. The summed E-state index contributed by atoms with van der Waals surface area (Å²) in [5.41, 5.74) is -5.63. The van der Waals surface area contributed by atoms with Crippen LogP contribution in [0, 0.1) is 0 Å². The minimum atomic E-state index is -6.02. The van der Waals surface area contributed by atoms with Gasteiger partial charge in [-0.3, -0.25) is 0 Å². The van der Waals surface area contributed by atoms with Crippen LogP contribution < -0.4 is 9.47 Å². The van der Waals surface area contributed by atoms with Gasteiger partial charge in [0.15, 0.2) is 0 Å². The minimum absolute atomic E-state index is 0.132. The van der Waals surface area contributed by atoms with E-state index in [9.17, 15) is 21.6 Å². The van der Waals surface area contributed by atoms with E-state index in [4.69, 9.17) is 13.1 Å². The molecule has 0 aliphatic rings. The Bertz CT molecular complexity index is 1440. The van der Waals surface area contributed by atoms with Crippen molar-refractivity contribution in [1.29, 1.82) is 0 Å². The van der Waals surface area contributed by atoms with E-state index in [1.54, 1.807) is 60.7 Å². The summed E-state index contributed by atoms with van der Waals surface area (Å²) in [6.07, 6.45) is -0.264. The molecule has 4 aromatic rings. The van der Waals surface area contributed by atoms with E-state index in [0.717, 1.165) is 8.42 Å². The fraction of sp³-hybridized carbons (Fsp3) is 0.259. The number of hydrogen-bond acceptors (Lipinski definition) is 8. The molecule has 0 N–H and O–H groups in total. The first kappa shape index (κ1) is 30.8. The third-order valence-corrected chi connectivity index (χ3v) is 13.7. The van der Waals surface area contributed by atoms with Gasteiger partial charge in [0.2, 0.25) is 0 Å². The fourth-order valence-electron chi connectivity index (χ4n) is 3.55. The van der Waals surface area contributed by atoms with Crippen LogP contribution in [-0.2, 0) is 13.7 Å². The summed E-state index contributed by atoms with van der Waals surface area (Å²) >= 11 is 4.17. The van der Waals surface area contributed by atoms with Crippen molar-refractivity contribution >= 4 is 54.9 Å². The minimum Gasteiger partial charge on any atom is -0.491 e. The number of hydrogen-bond donors (Lipinski definition) is 0. The topological polar surface area (TPSA) is 61.8 Å². The number of ether oxygens (including phenoxy) is 2. The van der Waals surface area contributed by atoms with Gasteiger partial charge in [-0.05, 0) is 110 Å². The number of benzene rings is 2. The molecule has 0 aliphatic carbocycles. The molecule has 0 amide bonds. The van der Waals surface area contributed by atoms with E-state index < -0.39 is 25.9 Å². The molecular weight excluding hydrogens is 622 g/mol. The zero-order valence-electron chi connectivity index (χ0n) is 21.9. The van der Waals surface area contributed by atoms with Crippen LogP contribution in [0.25, 0.3) is 0 Å². The van der Waals surface area contributed by atoms with Crippen molar-refractivity contribution in [2.24, 2.45) is 0 Å². The van der Waals surface area contributed by atoms with Gasteiger partial charge >= 0.3 is 15.6 Å². The number of alkyl halides is 3. The summed E-state index contributed by atoms with van der Waals surface area (Å²) in [5.74, 6) is 0.984. The van der Waals surface area contributed by atoms with Crippen LogP contribution in [-0.4, -0.2) is 26.1 Å². The Balaban J connectivity index is 1.94. The molecule has 13 heteroatoms. The van der Waals surface area contributed by atoms with Crippen molar-refractivity contribution in [2.75, 3.05) is 0 Å². The summed E-state index contributed by atoms with van der Waals surface area (Å²) in [7, 11) is -9.45. The summed E-state index contributed by atoms with van der Waals surface area (Å²) in [6, 6.07) is 19.9. The first-order chi connectivity index (χ1) is 18.8. The highest BCUT2D eigenvalue weighted by molar-refractivity contribution is 8.34. The Labute approximate surface area is 246 Å². The van der Waals surface area contributed by atoms with Gasteiger partial charge in [0.25, 0.3) is 0 Å². The maximum absolute atomic E-state index is 13.8. The highest BCUT2D eigenvalue weighted by atomic mass is 32.3. The molecular formula is C27H27F3O5S5. The largest absolute Gasteiger partial charge is 0.524 e. The van der Waals surface area contributed by atoms with Crippen molar-refractivity contribution in [3.05, 3.63) is 78.2 Å². The maximum atomic E-state index is 13.8. The normalized spacial score (nSPS) is 13.1. The molecule has 0 unspecified atom stereocenters. The van der Waals surface area contributed by atoms with E-state index in [0.29, 0.717) is 15.7 Å². The van der Waals surface area contributed by atoms with Gasteiger partial charge in [0.05, 0.1) is 24.8 Å². The van der Waals surface area contributed by atoms with Crippen LogP contribution in [0.4, 0.5) is 13.2 Å². The zero-order chi connectivity index (χ0) is 29.1. The molecule has 4 rings (SSSR count). The molecule has 0 bridgehead atoms. The van der Waals surface area contributed by atoms with E-state index in [2.05, 4.69) is 0 Å². The van der Waals surface area contributed by atoms with Gasteiger partial charge in [-0.2, -0.15) is 25.2 Å². The van der Waals surface area contributed by atoms with E-state index in [1.807, 2.05) is 45.2 Å².